The van der Waals surface area contributed by atoms with Crippen LogP contribution in [0.5, 0.6) is 0 Å². The number of aliphatic hydroxyl groups is 4. The zero-order valence-corrected chi connectivity index (χ0v) is 26.0. The summed E-state index contributed by atoms with van der Waals surface area (Å²) in [7, 11) is 3.43. The summed E-state index contributed by atoms with van der Waals surface area (Å²) in [5.41, 5.74) is 0.714. The van der Waals surface area contributed by atoms with Crippen LogP contribution in [0.25, 0.3) is 0 Å². The van der Waals surface area contributed by atoms with Gasteiger partial charge in [0.2, 0.25) is 0 Å². The molecule has 11 heteroatoms. The molecule has 2 aliphatic rings. The molecule has 2 aliphatic heterocycles. The van der Waals surface area contributed by atoms with E-state index < -0.39 is 78.6 Å². The molecule has 0 spiro atoms. The maximum atomic E-state index is 13.1. The minimum Gasteiger partial charge on any atom is -0.462 e. The minimum absolute atomic E-state index is 0.000625. The van der Waals surface area contributed by atoms with Crippen LogP contribution in [0.4, 0.5) is 0 Å². The first-order valence-electron chi connectivity index (χ1n) is 14.9. The lowest BCUT2D eigenvalue weighted by Gasteiger charge is -2.46. The number of nitrogens with zero attached hydrogens (tertiary/aromatic N) is 1. The van der Waals surface area contributed by atoms with Crippen molar-refractivity contribution < 1.29 is 49.0 Å². The molecule has 0 bridgehead atoms. The first-order chi connectivity index (χ1) is 19.7. The summed E-state index contributed by atoms with van der Waals surface area (Å²) in [6.45, 7) is 8.42. The van der Waals surface area contributed by atoms with Gasteiger partial charge >= 0.3 is 5.97 Å². The van der Waals surface area contributed by atoms with Gasteiger partial charge in [0.05, 0.1) is 43.5 Å². The van der Waals surface area contributed by atoms with Gasteiger partial charge in [-0.15, -0.1) is 0 Å². The van der Waals surface area contributed by atoms with Crippen LogP contribution in [-0.2, 0) is 28.6 Å². The van der Waals surface area contributed by atoms with Crippen molar-refractivity contribution in [1.29, 1.82) is 0 Å². The third-order valence-electron chi connectivity index (χ3n) is 8.56. The summed E-state index contributed by atoms with van der Waals surface area (Å²) in [6.07, 6.45) is -1.12. The number of hydrogen-bond donors (Lipinski definition) is 4. The Morgan fingerprint density at radius 1 is 1.10 bits per heavy atom. The maximum Gasteiger partial charge on any atom is 0.308 e. The second-order valence-corrected chi connectivity index (χ2v) is 12.1. The molecule has 1 saturated heterocycles. The zero-order valence-electron chi connectivity index (χ0n) is 26.0. The van der Waals surface area contributed by atoms with Crippen LogP contribution >= 0.6 is 0 Å². The minimum atomic E-state index is -1.27. The molecule has 0 aromatic heterocycles. The predicted octanol–water partition coefficient (Wildman–Crippen LogP) is 1.40. The van der Waals surface area contributed by atoms with Gasteiger partial charge in [-0.2, -0.15) is 0 Å². The molecule has 0 aliphatic carbocycles. The number of carbonyl (C=O) groups excluding carboxylic acids is 3. The third kappa shape index (κ3) is 9.51. The van der Waals surface area contributed by atoms with Crippen LogP contribution < -0.4 is 0 Å². The van der Waals surface area contributed by atoms with E-state index in [9.17, 15) is 34.8 Å². The quantitative estimate of drug-likeness (QED) is 0.248. The van der Waals surface area contributed by atoms with E-state index in [1.807, 2.05) is 6.92 Å². The molecular formula is C31H51NO10. The second-order valence-electron chi connectivity index (χ2n) is 12.1. The first-order valence-corrected chi connectivity index (χ1v) is 14.9. The fourth-order valence-electron chi connectivity index (χ4n) is 5.93. The lowest BCUT2D eigenvalue weighted by atomic mass is 9.79. The van der Waals surface area contributed by atoms with Crippen LogP contribution in [0.1, 0.15) is 60.3 Å². The molecule has 12 atom stereocenters. The Morgan fingerprint density at radius 3 is 2.33 bits per heavy atom. The number of aliphatic hydroxyl groups excluding tert-OH is 4. The first kappa shape index (κ1) is 36.2. The Balaban J connectivity index is 2.52. The number of cyclic esters (lactones) is 1. The second kappa shape index (κ2) is 16.7. The van der Waals surface area contributed by atoms with Crippen LogP contribution in [-0.4, -0.2) is 113 Å². The Bertz CT molecular complexity index is 952. The Morgan fingerprint density at radius 2 is 1.76 bits per heavy atom. The molecule has 0 saturated carbocycles. The van der Waals surface area contributed by atoms with Gasteiger partial charge < -0.3 is 44.3 Å². The van der Waals surface area contributed by atoms with Gasteiger partial charge in [0, 0.05) is 24.2 Å². The number of aldehydes is 1. The molecule has 2 rings (SSSR count). The zero-order chi connectivity index (χ0) is 31.7. The van der Waals surface area contributed by atoms with Crippen molar-refractivity contribution in [1.82, 2.24) is 4.90 Å². The average Bonchev–Trinajstić information content (AvgIpc) is 2.93. The normalized spacial score (nSPS) is 41.6. The van der Waals surface area contributed by atoms with E-state index in [1.165, 1.54) is 6.08 Å². The Hall–Kier alpha value is -1.99. The number of carbonyl (C=O) groups is 3. The monoisotopic (exact) mass is 597 g/mol. The molecule has 0 unspecified atom stereocenters. The predicted molar refractivity (Wildman–Crippen MR) is 155 cm³/mol. The Kier molecular flexibility index (Phi) is 14.4. The summed E-state index contributed by atoms with van der Waals surface area (Å²) < 4.78 is 17.9. The van der Waals surface area contributed by atoms with Gasteiger partial charge in [0.1, 0.15) is 18.5 Å². The standard InChI is InChI=1S/C31H51NO10/c1-8-25-22(16-34)13-17(2)9-10-23(35)18(3)14-21(11-12-33)30(19(4)24(36)15-26(37)41-25)42-31-29(39)27(32(6)7)28(38)20(5)40-31/h9-10,12-13,18-22,24-25,27-31,34,36,38-39H,8,11,14-16H2,1-7H3/b10-9+,17-13+/t18-,19+,20-,21+,22-,24-,25-,27+,28-,29-,30-,31+/m1/s1. The van der Waals surface area contributed by atoms with E-state index in [0.717, 1.165) is 6.29 Å². The Labute approximate surface area is 249 Å². The molecule has 11 nitrogen and oxygen atoms in total. The largest absolute Gasteiger partial charge is 0.462 e. The van der Waals surface area contributed by atoms with E-state index in [2.05, 4.69) is 0 Å². The van der Waals surface area contributed by atoms with Gasteiger partial charge in [-0.05, 0) is 52.8 Å². The summed E-state index contributed by atoms with van der Waals surface area (Å²) in [6, 6.07) is -0.711. The van der Waals surface area contributed by atoms with Crippen LogP contribution in [0, 0.1) is 23.7 Å². The fraction of sp³-hybridized carbons (Fsp3) is 0.774. The molecule has 0 aromatic carbocycles. The molecule has 42 heavy (non-hydrogen) atoms. The van der Waals surface area contributed by atoms with Crippen molar-refractivity contribution >= 4 is 18.0 Å². The van der Waals surface area contributed by atoms with Crippen molar-refractivity contribution in [2.45, 2.75) is 109 Å². The summed E-state index contributed by atoms with van der Waals surface area (Å²) in [4.78, 5) is 39.6. The summed E-state index contributed by atoms with van der Waals surface area (Å²) in [5.74, 6) is -3.16. The third-order valence-corrected chi connectivity index (χ3v) is 8.56. The van der Waals surface area contributed by atoms with Crippen LogP contribution in [0.2, 0.25) is 0 Å². The van der Waals surface area contributed by atoms with Crippen LogP contribution in [0.15, 0.2) is 23.8 Å². The highest BCUT2D eigenvalue weighted by atomic mass is 16.7. The van der Waals surface area contributed by atoms with Crippen molar-refractivity contribution in [2.75, 3.05) is 20.7 Å². The lowest BCUT2D eigenvalue weighted by molar-refractivity contribution is -0.304. The van der Waals surface area contributed by atoms with Crippen molar-refractivity contribution in [2.24, 2.45) is 23.7 Å². The van der Waals surface area contributed by atoms with E-state index in [4.69, 9.17) is 14.2 Å². The SMILES string of the molecule is CC[C@H]1OC(=O)C[C@@H](O)[C@H](C)[C@@H](O[C@@H]2O[C@H](C)[C@@H](O)[C@H](N(C)C)[C@H]2O)[C@@H](CC=O)C[C@@H](C)C(=O)/C=C/C(C)=C/[C@@H]1CO. The molecule has 240 valence electrons. The summed E-state index contributed by atoms with van der Waals surface area (Å²) >= 11 is 0. The van der Waals surface area contributed by atoms with E-state index >= 15 is 0 Å². The molecule has 2 heterocycles. The molecule has 1 fully saturated rings. The molecule has 4 N–H and O–H groups in total. The number of esters is 1. The number of allylic oxidation sites excluding steroid dienone is 3. The topological polar surface area (TPSA) is 163 Å². The molecule has 0 radical (unpaired) electrons. The number of ether oxygens (including phenoxy) is 3. The molecule has 0 amide bonds. The highest BCUT2D eigenvalue weighted by Crippen LogP contribution is 2.34. The average molecular weight is 598 g/mol. The highest BCUT2D eigenvalue weighted by Gasteiger charge is 2.47. The van der Waals surface area contributed by atoms with E-state index in [1.54, 1.807) is 58.8 Å². The number of rotatable bonds is 7. The summed E-state index contributed by atoms with van der Waals surface area (Å²) in [5, 5.41) is 43.0. The van der Waals surface area contributed by atoms with Crippen LogP contribution in [0.3, 0.4) is 0 Å². The fourth-order valence-corrected chi connectivity index (χ4v) is 5.93. The number of likely N-dealkylation sites (N-methyl/N-ethyl adjacent to an activating group) is 1. The highest BCUT2D eigenvalue weighted by molar-refractivity contribution is 5.91. The number of ketones is 1. The number of hydrogen-bond acceptors (Lipinski definition) is 11. The van der Waals surface area contributed by atoms with E-state index in [-0.39, 0.29) is 31.7 Å². The molecular weight excluding hydrogens is 546 g/mol. The molecule has 0 aromatic rings. The van der Waals surface area contributed by atoms with Crippen molar-refractivity contribution in [3.63, 3.8) is 0 Å². The van der Waals surface area contributed by atoms with Gasteiger partial charge in [0.15, 0.2) is 12.1 Å². The van der Waals surface area contributed by atoms with Crippen molar-refractivity contribution in [3.05, 3.63) is 23.8 Å². The smallest absolute Gasteiger partial charge is 0.308 e. The van der Waals surface area contributed by atoms with Gasteiger partial charge in [0.25, 0.3) is 0 Å². The van der Waals surface area contributed by atoms with Gasteiger partial charge in [-0.25, -0.2) is 0 Å². The van der Waals surface area contributed by atoms with E-state index in [0.29, 0.717) is 12.0 Å². The van der Waals surface area contributed by atoms with Crippen molar-refractivity contribution in [3.8, 4) is 0 Å². The lowest BCUT2D eigenvalue weighted by Crippen LogP contribution is -2.63. The van der Waals surface area contributed by atoms with Gasteiger partial charge in [-0.1, -0.05) is 38.5 Å². The maximum absolute atomic E-state index is 13.1. The van der Waals surface area contributed by atoms with Gasteiger partial charge in [-0.3, -0.25) is 9.59 Å².